The van der Waals surface area contributed by atoms with Crippen LogP contribution in [-0.2, 0) is 25.6 Å². The first-order valence-corrected chi connectivity index (χ1v) is 11.0. The first-order valence-electron chi connectivity index (χ1n) is 11.0. The van der Waals surface area contributed by atoms with Crippen LogP contribution in [0.2, 0.25) is 0 Å². The fraction of sp³-hybridized carbons (Fsp3) is 0.565. The molecule has 176 valence electrons. The Hall–Kier alpha value is -2.94. The minimum absolute atomic E-state index is 0.210. The van der Waals surface area contributed by atoms with Crippen molar-refractivity contribution in [2.45, 2.75) is 70.6 Å². The summed E-state index contributed by atoms with van der Waals surface area (Å²) in [5.41, 5.74) is 6.71. The zero-order chi connectivity index (χ0) is 23.8. The maximum absolute atomic E-state index is 13.2. The summed E-state index contributed by atoms with van der Waals surface area (Å²) in [6, 6.07) is 5.69. The summed E-state index contributed by atoms with van der Waals surface area (Å²) < 4.78 is 0. The zero-order valence-corrected chi connectivity index (χ0v) is 18.9. The van der Waals surface area contributed by atoms with Gasteiger partial charge >= 0.3 is 5.97 Å². The molecule has 0 unspecified atom stereocenters. The highest BCUT2D eigenvalue weighted by Crippen LogP contribution is 2.19. The van der Waals surface area contributed by atoms with Crippen LogP contribution in [0.3, 0.4) is 0 Å². The number of carboxylic acid groups (broad SMARTS) is 1. The third-order valence-corrected chi connectivity index (χ3v) is 5.53. The van der Waals surface area contributed by atoms with E-state index in [2.05, 4.69) is 10.6 Å². The molecule has 0 saturated carbocycles. The van der Waals surface area contributed by atoms with E-state index in [4.69, 9.17) is 5.73 Å². The van der Waals surface area contributed by atoms with Gasteiger partial charge in [0, 0.05) is 13.0 Å². The Bertz CT molecular complexity index is 814. The Morgan fingerprint density at radius 2 is 1.75 bits per heavy atom. The highest BCUT2D eigenvalue weighted by molar-refractivity contribution is 5.94. The number of nitrogens with one attached hydrogen (secondary N) is 2. The lowest BCUT2D eigenvalue weighted by Gasteiger charge is -2.28. The number of hydrogen-bond acceptors (Lipinski definition) is 5. The minimum Gasteiger partial charge on any atom is -0.480 e. The van der Waals surface area contributed by atoms with Crippen LogP contribution in [0.5, 0.6) is 0 Å². The molecule has 1 aliphatic heterocycles. The number of rotatable bonds is 10. The van der Waals surface area contributed by atoms with Crippen molar-refractivity contribution < 1.29 is 24.3 Å². The molecule has 9 nitrogen and oxygen atoms in total. The number of hydrogen-bond donors (Lipinski definition) is 4. The summed E-state index contributed by atoms with van der Waals surface area (Å²) in [4.78, 5) is 51.2. The lowest BCUT2D eigenvalue weighted by Crippen LogP contribution is -2.57. The van der Waals surface area contributed by atoms with E-state index in [1.165, 1.54) is 11.8 Å². The van der Waals surface area contributed by atoms with Gasteiger partial charge in [0.15, 0.2) is 0 Å². The summed E-state index contributed by atoms with van der Waals surface area (Å²) in [5.74, 6) is -2.23. The van der Waals surface area contributed by atoms with Gasteiger partial charge in [-0.25, -0.2) is 4.79 Å². The molecule has 0 aliphatic carbocycles. The maximum Gasteiger partial charge on any atom is 0.326 e. The number of aliphatic carboxylic acids is 1. The molecule has 2 rings (SSSR count). The van der Waals surface area contributed by atoms with Crippen LogP contribution in [0.4, 0.5) is 0 Å². The third-order valence-electron chi connectivity index (χ3n) is 5.53. The molecule has 5 N–H and O–H groups in total. The molecule has 0 spiro atoms. The Labute approximate surface area is 188 Å². The number of amides is 3. The van der Waals surface area contributed by atoms with Crippen LogP contribution < -0.4 is 16.4 Å². The average Bonchev–Trinajstić information content (AvgIpc) is 3.23. The summed E-state index contributed by atoms with van der Waals surface area (Å²) >= 11 is 0. The number of benzene rings is 1. The molecule has 32 heavy (non-hydrogen) atoms. The monoisotopic (exact) mass is 446 g/mol. The molecule has 1 fully saturated rings. The molecule has 1 heterocycles. The Morgan fingerprint density at radius 1 is 1.09 bits per heavy atom. The van der Waals surface area contributed by atoms with Crippen LogP contribution >= 0.6 is 0 Å². The lowest BCUT2D eigenvalue weighted by atomic mass is 10.0. The van der Waals surface area contributed by atoms with E-state index in [-0.39, 0.29) is 12.3 Å². The molecule has 1 saturated heterocycles. The molecule has 0 bridgehead atoms. The van der Waals surface area contributed by atoms with E-state index < -0.39 is 47.9 Å². The number of nitrogens with zero attached hydrogens (tertiary/aromatic N) is 1. The fourth-order valence-electron chi connectivity index (χ4n) is 3.83. The molecule has 9 heteroatoms. The van der Waals surface area contributed by atoms with E-state index in [0.717, 1.165) is 5.56 Å². The van der Waals surface area contributed by atoms with Crippen LogP contribution in [0.1, 0.15) is 45.6 Å². The fourth-order valence-corrected chi connectivity index (χ4v) is 3.83. The summed E-state index contributed by atoms with van der Waals surface area (Å²) in [6.45, 7) is 5.75. The van der Waals surface area contributed by atoms with Crippen molar-refractivity contribution in [2.24, 2.45) is 11.7 Å². The highest BCUT2D eigenvalue weighted by atomic mass is 16.4. The number of carbonyl (C=O) groups is 4. The van der Waals surface area contributed by atoms with Crippen molar-refractivity contribution in [3.05, 3.63) is 35.9 Å². The van der Waals surface area contributed by atoms with Crippen molar-refractivity contribution in [1.29, 1.82) is 0 Å². The van der Waals surface area contributed by atoms with Gasteiger partial charge in [0.05, 0.1) is 6.04 Å². The molecular formula is C23H34N4O5. The van der Waals surface area contributed by atoms with Crippen molar-refractivity contribution in [3.8, 4) is 0 Å². The highest BCUT2D eigenvalue weighted by Gasteiger charge is 2.38. The number of nitrogens with two attached hydrogens (primary N) is 1. The van der Waals surface area contributed by atoms with Gasteiger partial charge in [-0.3, -0.25) is 14.4 Å². The number of likely N-dealkylation sites (tertiary alicyclic amines) is 1. The standard InChI is InChI=1S/C23H34N4O5/c1-14(2)12-17(24)21(29)25-15(3)20(28)26-18(13-16-8-5-4-6-9-16)22(30)27-11-7-10-19(27)23(31)32/h4-6,8-9,14-15,17-19H,7,10-13,24H2,1-3H3,(H,25,29)(H,26,28)(H,31,32)/t15-,17-,18-,19+/m0/s1. The predicted octanol–water partition coefficient (Wildman–Crippen LogP) is 0.668. The van der Waals surface area contributed by atoms with Crippen molar-refractivity contribution in [1.82, 2.24) is 15.5 Å². The van der Waals surface area contributed by atoms with Gasteiger partial charge in [-0.05, 0) is 37.7 Å². The van der Waals surface area contributed by atoms with Crippen LogP contribution in [-0.4, -0.2) is 64.4 Å². The van der Waals surface area contributed by atoms with Gasteiger partial charge in [-0.1, -0.05) is 44.2 Å². The SMILES string of the molecule is CC(C)C[C@H](N)C(=O)N[C@@H](C)C(=O)N[C@@H](Cc1ccccc1)C(=O)N1CCC[C@@H]1C(=O)O. The number of carboxylic acids is 1. The molecule has 1 aliphatic rings. The van der Waals surface area contributed by atoms with Gasteiger partial charge in [0.25, 0.3) is 0 Å². The Kier molecular flexibility index (Phi) is 9.19. The maximum atomic E-state index is 13.2. The van der Waals surface area contributed by atoms with Crippen molar-refractivity contribution in [2.75, 3.05) is 6.54 Å². The second kappa shape index (κ2) is 11.6. The average molecular weight is 447 g/mol. The van der Waals surface area contributed by atoms with Crippen LogP contribution in [0, 0.1) is 5.92 Å². The molecule has 4 atom stereocenters. The van der Waals surface area contributed by atoms with Gasteiger partial charge in [0.2, 0.25) is 17.7 Å². The predicted molar refractivity (Wildman–Crippen MR) is 119 cm³/mol. The quantitative estimate of drug-likeness (QED) is 0.416. The first-order chi connectivity index (χ1) is 15.1. The van der Waals surface area contributed by atoms with E-state index >= 15 is 0 Å². The minimum atomic E-state index is -1.06. The van der Waals surface area contributed by atoms with Gasteiger partial charge in [0.1, 0.15) is 18.1 Å². The van der Waals surface area contributed by atoms with E-state index in [9.17, 15) is 24.3 Å². The molecular weight excluding hydrogens is 412 g/mol. The van der Waals surface area contributed by atoms with E-state index in [1.807, 2.05) is 44.2 Å². The molecule has 3 amide bonds. The van der Waals surface area contributed by atoms with Gasteiger partial charge < -0.3 is 26.4 Å². The topological polar surface area (TPSA) is 142 Å². The molecule has 0 aromatic heterocycles. The molecule has 1 aromatic carbocycles. The number of carbonyl (C=O) groups excluding carboxylic acids is 3. The lowest BCUT2D eigenvalue weighted by molar-refractivity contribution is -0.149. The largest absolute Gasteiger partial charge is 0.480 e. The third kappa shape index (κ3) is 7.05. The molecule has 0 radical (unpaired) electrons. The van der Waals surface area contributed by atoms with Gasteiger partial charge in [-0.15, -0.1) is 0 Å². The zero-order valence-electron chi connectivity index (χ0n) is 18.9. The molecule has 1 aromatic rings. The van der Waals surface area contributed by atoms with Crippen molar-refractivity contribution in [3.63, 3.8) is 0 Å². The summed E-state index contributed by atoms with van der Waals surface area (Å²) in [7, 11) is 0. The Balaban J connectivity index is 2.11. The smallest absolute Gasteiger partial charge is 0.326 e. The second-order valence-corrected chi connectivity index (χ2v) is 8.75. The van der Waals surface area contributed by atoms with E-state index in [1.54, 1.807) is 0 Å². The van der Waals surface area contributed by atoms with Gasteiger partial charge in [-0.2, -0.15) is 0 Å². The first kappa shape index (κ1) is 25.3. The van der Waals surface area contributed by atoms with Crippen LogP contribution in [0.25, 0.3) is 0 Å². The van der Waals surface area contributed by atoms with Crippen LogP contribution in [0.15, 0.2) is 30.3 Å². The van der Waals surface area contributed by atoms with Crippen molar-refractivity contribution >= 4 is 23.7 Å². The summed E-state index contributed by atoms with van der Waals surface area (Å²) in [5, 5.41) is 14.7. The summed E-state index contributed by atoms with van der Waals surface area (Å²) in [6.07, 6.45) is 1.67. The normalized spacial score (nSPS) is 18.7. The second-order valence-electron chi connectivity index (χ2n) is 8.75. The van der Waals surface area contributed by atoms with E-state index in [0.29, 0.717) is 25.8 Å². The Morgan fingerprint density at radius 3 is 2.34 bits per heavy atom.